The highest BCUT2D eigenvalue weighted by molar-refractivity contribution is 6.51. The first kappa shape index (κ1) is 24.1. The highest BCUT2D eigenvalue weighted by atomic mass is 16.5. The third-order valence-electron chi connectivity index (χ3n) is 5.70. The molecule has 0 saturated carbocycles. The van der Waals surface area contributed by atoms with Crippen LogP contribution < -0.4 is 14.4 Å². The van der Waals surface area contributed by atoms with Crippen molar-refractivity contribution in [3.05, 3.63) is 95.6 Å². The van der Waals surface area contributed by atoms with E-state index >= 15 is 0 Å². The molecule has 1 saturated heterocycles. The number of carbonyl (C=O) groups is 2. The maximum atomic E-state index is 13.2. The third kappa shape index (κ3) is 5.06. The number of hydrogen-bond donors (Lipinski definition) is 1. The summed E-state index contributed by atoms with van der Waals surface area (Å²) in [6.07, 6.45) is 0. The highest BCUT2D eigenvalue weighted by Crippen LogP contribution is 2.42. The molecule has 1 heterocycles. The minimum atomic E-state index is -0.787. The van der Waals surface area contributed by atoms with Crippen molar-refractivity contribution in [2.24, 2.45) is 5.92 Å². The van der Waals surface area contributed by atoms with E-state index in [1.165, 1.54) is 4.90 Å². The lowest BCUT2D eigenvalue weighted by Gasteiger charge is -2.25. The fraction of sp³-hybridized carbons (Fsp3) is 0.241. The zero-order valence-electron chi connectivity index (χ0n) is 20.1. The van der Waals surface area contributed by atoms with Crippen LogP contribution in [-0.2, 0) is 9.59 Å². The van der Waals surface area contributed by atoms with Crippen molar-refractivity contribution in [3.63, 3.8) is 0 Å². The van der Waals surface area contributed by atoms with E-state index in [2.05, 4.69) is 13.8 Å². The summed E-state index contributed by atoms with van der Waals surface area (Å²) in [6.45, 7) is 7.13. The standard InChI is InChI=1S/C29H29NO5/c1-4-34-23-14-10-20(11-15-23)26-25(28(32)29(33)30(26)22-8-6-5-7-9-22)27(31)21-12-16-24(17-13-21)35-18-19(2)3/h5-17,19,26,31H,4,18H2,1-3H3/b27-25-. The van der Waals surface area contributed by atoms with Crippen LogP contribution in [0.1, 0.15) is 37.9 Å². The fourth-order valence-electron chi connectivity index (χ4n) is 4.04. The largest absolute Gasteiger partial charge is 0.507 e. The van der Waals surface area contributed by atoms with Crippen LogP contribution >= 0.6 is 0 Å². The van der Waals surface area contributed by atoms with Crippen LogP contribution in [0.4, 0.5) is 5.69 Å². The molecule has 1 amide bonds. The van der Waals surface area contributed by atoms with Crippen molar-refractivity contribution >= 4 is 23.1 Å². The van der Waals surface area contributed by atoms with Crippen LogP contribution in [0.2, 0.25) is 0 Å². The van der Waals surface area contributed by atoms with Gasteiger partial charge in [-0.05, 0) is 66.9 Å². The van der Waals surface area contributed by atoms with Gasteiger partial charge in [0.25, 0.3) is 11.7 Å². The highest BCUT2D eigenvalue weighted by Gasteiger charge is 2.46. The molecule has 0 spiro atoms. The molecular weight excluding hydrogens is 442 g/mol. The molecule has 1 aliphatic heterocycles. The molecule has 0 aromatic heterocycles. The van der Waals surface area contributed by atoms with Gasteiger partial charge in [-0.15, -0.1) is 0 Å². The number of hydrogen-bond acceptors (Lipinski definition) is 5. The number of amides is 1. The molecule has 1 fully saturated rings. The third-order valence-corrected chi connectivity index (χ3v) is 5.70. The molecule has 35 heavy (non-hydrogen) atoms. The normalized spacial score (nSPS) is 17.1. The number of anilines is 1. The molecule has 0 aliphatic carbocycles. The van der Waals surface area contributed by atoms with Gasteiger partial charge in [0.15, 0.2) is 0 Å². The first-order valence-corrected chi connectivity index (χ1v) is 11.7. The van der Waals surface area contributed by atoms with Crippen molar-refractivity contribution in [1.82, 2.24) is 0 Å². The minimum absolute atomic E-state index is 0.0406. The number of ether oxygens (including phenoxy) is 2. The van der Waals surface area contributed by atoms with Gasteiger partial charge < -0.3 is 14.6 Å². The summed E-state index contributed by atoms with van der Waals surface area (Å²) in [6, 6.07) is 22.3. The van der Waals surface area contributed by atoms with Crippen LogP contribution in [-0.4, -0.2) is 30.0 Å². The molecule has 180 valence electrons. The van der Waals surface area contributed by atoms with Crippen LogP contribution in [0, 0.1) is 5.92 Å². The predicted molar refractivity (Wildman–Crippen MR) is 136 cm³/mol. The number of benzene rings is 3. The van der Waals surface area contributed by atoms with Gasteiger partial charge in [0.2, 0.25) is 0 Å². The quantitative estimate of drug-likeness (QED) is 0.257. The molecule has 3 aromatic carbocycles. The number of rotatable bonds is 8. The summed E-state index contributed by atoms with van der Waals surface area (Å²) in [5, 5.41) is 11.3. The lowest BCUT2D eigenvalue weighted by molar-refractivity contribution is -0.132. The Balaban J connectivity index is 1.79. The van der Waals surface area contributed by atoms with E-state index in [0.29, 0.717) is 47.4 Å². The molecule has 1 atom stereocenters. The lowest BCUT2D eigenvalue weighted by atomic mass is 9.95. The van der Waals surface area contributed by atoms with Gasteiger partial charge in [0, 0.05) is 11.3 Å². The van der Waals surface area contributed by atoms with Crippen molar-refractivity contribution in [2.45, 2.75) is 26.8 Å². The van der Waals surface area contributed by atoms with Gasteiger partial charge in [0.05, 0.1) is 24.8 Å². The van der Waals surface area contributed by atoms with Crippen molar-refractivity contribution in [1.29, 1.82) is 0 Å². The van der Waals surface area contributed by atoms with Crippen LogP contribution in [0.15, 0.2) is 84.4 Å². The maximum absolute atomic E-state index is 13.2. The summed E-state index contributed by atoms with van der Waals surface area (Å²) < 4.78 is 11.3. The Hall–Kier alpha value is -4.06. The molecule has 0 radical (unpaired) electrons. The SMILES string of the molecule is CCOc1ccc(C2/C(=C(/O)c3ccc(OCC(C)C)cc3)C(=O)C(=O)N2c2ccccc2)cc1. The van der Waals surface area contributed by atoms with Gasteiger partial charge in [-0.3, -0.25) is 14.5 Å². The number of carbonyl (C=O) groups excluding carboxylic acids is 2. The summed E-state index contributed by atoms with van der Waals surface area (Å²) >= 11 is 0. The minimum Gasteiger partial charge on any atom is -0.507 e. The summed E-state index contributed by atoms with van der Waals surface area (Å²) in [5.41, 5.74) is 1.74. The number of aliphatic hydroxyl groups is 1. The Morgan fingerprint density at radius 1 is 0.886 bits per heavy atom. The Morgan fingerprint density at radius 2 is 1.49 bits per heavy atom. The van der Waals surface area contributed by atoms with Crippen LogP contribution in [0.5, 0.6) is 11.5 Å². The smallest absolute Gasteiger partial charge is 0.300 e. The van der Waals surface area contributed by atoms with E-state index in [1.807, 2.05) is 25.1 Å². The fourth-order valence-corrected chi connectivity index (χ4v) is 4.04. The van der Waals surface area contributed by atoms with Crippen LogP contribution in [0.3, 0.4) is 0 Å². The lowest BCUT2D eigenvalue weighted by Crippen LogP contribution is -2.29. The predicted octanol–water partition coefficient (Wildman–Crippen LogP) is 5.75. The summed E-state index contributed by atoms with van der Waals surface area (Å²) in [7, 11) is 0. The Labute approximate surface area is 205 Å². The van der Waals surface area contributed by atoms with Crippen molar-refractivity contribution < 1.29 is 24.2 Å². The van der Waals surface area contributed by atoms with Gasteiger partial charge in [0.1, 0.15) is 17.3 Å². The van der Waals surface area contributed by atoms with Gasteiger partial charge in [-0.2, -0.15) is 0 Å². The second-order valence-corrected chi connectivity index (χ2v) is 8.74. The molecule has 3 aromatic rings. The molecule has 1 aliphatic rings. The van der Waals surface area contributed by atoms with Gasteiger partial charge >= 0.3 is 0 Å². The van der Waals surface area contributed by atoms with Gasteiger partial charge in [-0.1, -0.05) is 44.2 Å². The first-order chi connectivity index (χ1) is 16.9. The molecule has 4 rings (SSSR count). The van der Waals surface area contributed by atoms with Crippen molar-refractivity contribution in [2.75, 3.05) is 18.1 Å². The van der Waals surface area contributed by atoms with Crippen molar-refractivity contribution in [3.8, 4) is 11.5 Å². The molecule has 6 nitrogen and oxygen atoms in total. The number of para-hydroxylation sites is 1. The zero-order valence-corrected chi connectivity index (χ0v) is 20.1. The van der Waals surface area contributed by atoms with E-state index in [9.17, 15) is 14.7 Å². The maximum Gasteiger partial charge on any atom is 0.300 e. The number of nitrogens with zero attached hydrogens (tertiary/aromatic N) is 1. The molecule has 0 bridgehead atoms. The zero-order chi connectivity index (χ0) is 24.9. The molecule has 1 N–H and O–H groups in total. The van der Waals surface area contributed by atoms with E-state index in [4.69, 9.17) is 9.47 Å². The second-order valence-electron chi connectivity index (χ2n) is 8.74. The Bertz CT molecular complexity index is 1210. The van der Waals surface area contributed by atoms with Gasteiger partial charge in [-0.25, -0.2) is 0 Å². The molecule has 1 unspecified atom stereocenters. The molecular formula is C29H29NO5. The van der Waals surface area contributed by atoms with E-state index in [-0.39, 0.29) is 11.3 Å². The summed E-state index contributed by atoms with van der Waals surface area (Å²) in [4.78, 5) is 27.9. The average Bonchev–Trinajstić information content (AvgIpc) is 3.14. The number of ketones is 1. The monoisotopic (exact) mass is 471 g/mol. The Morgan fingerprint density at radius 3 is 2.09 bits per heavy atom. The van der Waals surface area contributed by atoms with Crippen LogP contribution in [0.25, 0.3) is 5.76 Å². The molecule has 6 heteroatoms. The number of aliphatic hydroxyl groups excluding tert-OH is 1. The van der Waals surface area contributed by atoms with E-state index < -0.39 is 17.7 Å². The van der Waals surface area contributed by atoms with E-state index in [0.717, 1.165) is 0 Å². The second kappa shape index (κ2) is 10.5. The average molecular weight is 472 g/mol. The Kier molecular flexibility index (Phi) is 7.20. The topological polar surface area (TPSA) is 76.1 Å². The first-order valence-electron chi connectivity index (χ1n) is 11.7. The number of Topliss-reactive ketones (excluding diaryl/α,β-unsaturated/α-hetero) is 1. The van der Waals surface area contributed by atoms with E-state index in [1.54, 1.807) is 60.7 Å². The summed E-state index contributed by atoms with van der Waals surface area (Å²) in [5.74, 6) is 0.0917.